The SMILES string of the molecule is C[C@H](CC1CCOCC1)N[C@@H]1CCCN(c2nccn(C)c2=O)C1. The number of nitrogens with one attached hydrogen (secondary N) is 1. The number of rotatable bonds is 5. The summed E-state index contributed by atoms with van der Waals surface area (Å²) in [7, 11) is 1.78. The zero-order valence-electron chi connectivity index (χ0n) is 14.9. The average Bonchev–Trinajstić information content (AvgIpc) is 2.58. The predicted octanol–water partition coefficient (Wildman–Crippen LogP) is 1.54. The molecule has 0 spiro atoms. The largest absolute Gasteiger partial charge is 0.381 e. The van der Waals surface area contributed by atoms with Gasteiger partial charge in [0.2, 0.25) is 0 Å². The van der Waals surface area contributed by atoms with E-state index in [1.807, 2.05) is 0 Å². The summed E-state index contributed by atoms with van der Waals surface area (Å²) >= 11 is 0. The van der Waals surface area contributed by atoms with Gasteiger partial charge in [0.25, 0.3) is 5.56 Å². The van der Waals surface area contributed by atoms with Gasteiger partial charge in [0.15, 0.2) is 5.82 Å². The van der Waals surface area contributed by atoms with Crippen LogP contribution in [0, 0.1) is 5.92 Å². The molecular formula is C18H30N4O2. The van der Waals surface area contributed by atoms with Crippen LogP contribution in [-0.2, 0) is 11.8 Å². The van der Waals surface area contributed by atoms with Crippen molar-refractivity contribution >= 4 is 5.82 Å². The lowest BCUT2D eigenvalue weighted by Gasteiger charge is -2.36. The van der Waals surface area contributed by atoms with Crippen LogP contribution < -0.4 is 15.8 Å². The Morgan fingerprint density at radius 2 is 2.17 bits per heavy atom. The third-order valence-electron chi connectivity index (χ3n) is 5.27. The number of piperidine rings is 1. The molecular weight excluding hydrogens is 304 g/mol. The van der Waals surface area contributed by atoms with Crippen molar-refractivity contribution in [1.29, 1.82) is 0 Å². The van der Waals surface area contributed by atoms with E-state index in [4.69, 9.17) is 4.74 Å². The summed E-state index contributed by atoms with van der Waals surface area (Å²) in [5.74, 6) is 1.37. The van der Waals surface area contributed by atoms with Crippen molar-refractivity contribution in [2.75, 3.05) is 31.2 Å². The third kappa shape index (κ3) is 4.36. The number of hydrogen-bond donors (Lipinski definition) is 1. The molecule has 0 saturated carbocycles. The summed E-state index contributed by atoms with van der Waals surface area (Å²) in [5.41, 5.74) is -0.00611. The molecule has 1 aromatic heterocycles. The van der Waals surface area contributed by atoms with Crippen LogP contribution in [0.3, 0.4) is 0 Å². The Morgan fingerprint density at radius 1 is 1.38 bits per heavy atom. The number of aryl methyl sites for hydroxylation is 1. The van der Waals surface area contributed by atoms with Crippen molar-refractivity contribution < 1.29 is 4.74 Å². The normalized spacial score (nSPS) is 24.1. The first kappa shape index (κ1) is 17.4. The highest BCUT2D eigenvalue weighted by molar-refractivity contribution is 5.36. The fraction of sp³-hybridized carbons (Fsp3) is 0.778. The average molecular weight is 334 g/mol. The summed E-state index contributed by atoms with van der Waals surface area (Å²) in [6.45, 7) is 5.90. The van der Waals surface area contributed by atoms with Gasteiger partial charge in [-0.15, -0.1) is 0 Å². The van der Waals surface area contributed by atoms with Crippen LogP contribution in [0.5, 0.6) is 0 Å². The van der Waals surface area contributed by atoms with E-state index in [0.29, 0.717) is 17.9 Å². The van der Waals surface area contributed by atoms with Crippen molar-refractivity contribution in [2.24, 2.45) is 13.0 Å². The van der Waals surface area contributed by atoms with E-state index < -0.39 is 0 Å². The summed E-state index contributed by atoms with van der Waals surface area (Å²) in [6.07, 6.45) is 9.27. The zero-order valence-corrected chi connectivity index (χ0v) is 14.9. The van der Waals surface area contributed by atoms with E-state index in [1.54, 1.807) is 24.0 Å². The minimum atomic E-state index is -0.00611. The second kappa shape index (κ2) is 8.12. The van der Waals surface area contributed by atoms with E-state index in [-0.39, 0.29) is 5.56 Å². The van der Waals surface area contributed by atoms with Gasteiger partial charge in [-0.2, -0.15) is 0 Å². The first-order valence-corrected chi connectivity index (χ1v) is 9.24. The number of nitrogens with zero attached hydrogens (tertiary/aromatic N) is 3. The molecule has 134 valence electrons. The van der Waals surface area contributed by atoms with Crippen LogP contribution in [0.25, 0.3) is 0 Å². The molecule has 1 aromatic rings. The van der Waals surface area contributed by atoms with E-state index >= 15 is 0 Å². The van der Waals surface area contributed by atoms with Crippen molar-refractivity contribution in [3.8, 4) is 0 Å². The molecule has 3 rings (SSSR count). The van der Waals surface area contributed by atoms with Crippen LogP contribution in [0.1, 0.15) is 39.0 Å². The molecule has 6 nitrogen and oxygen atoms in total. The molecule has 0 radical (unpaired) electrons. The highest BCUT2D eigenvalue weighted by atomic mass is 16.5. The standard InChI is InChI=1S/C18H30N4O2/c1-14(12-15-5-10-24-11-6-15)20-16-4-3-8-22(13-16)17-18(23)21(2)9-7-19-17/h7,9,14-16,20H,3-6,8,10-13H2,1-2H3/t14-,16-/m1/s1. The van der Waals surface area contributed by atoms with E-state index in [0.717, 1.165) is 38.6 Å². The maximum Gasteiger partial charge on any atom is 0.293 e. The van der Waals surface area contributed by atoms with Crippen LogP contribution in [-0.4, -0.2) is 47.9 Å². The first-order chi connectivity index (χ1) is 11.6. The van der Waals surface area contributed by atoms with Crippen molar-refractivity contribution in [3.05, 3.63) is 22.7 Å². The minimum Gasteiger partial charge on any atom is -0.381 e. The maximum absolute atomic E-state index is 12.3. The number of hydrogen-bond acceptors (Lipinski definition) is 5. The molecule has 2 fully saturated rings. The molecule has 2 aliphatic heterocycles. The topological polar surface area (TPSA) is 59.4 Å². The second-order valence-corrected chi connectivity index (χ2v) is 7.31. The highest BCUT2D eigenvalue weighted by Gasteiger charge is 2.25. The maximum atomic E-state index is 12.3. The smallest absolute Gasteiger partial charge is 0.293 e. The Labute approximate surface area is 144 Å². The molecule has 0 aliphatic carbocycles. The van der Waals surface area contributed by atoms with E-state index in [1.165, 1.54) is 25.7 Å². The first-order valence-electron chi connectivity index (χ1n) is 9.24. The highest BCUT2D eigenvalue weighted by Crippen LogP contribution is 2.21. The zero-order chi connectivity index (χ0) is 16.9. The molecule has 6 heteroatoms. The van der Waals surface area contributed by atoms with Crippen molar-refractivity contribution in [1.82, 2.24) is 14.9 Å². The van der Waals surface area contributed by atoms with E-state index in [9.17, 15) is 4.79 Å². The van der Waals surface area contributed by atoms with Crippen LogP contribution >= 0.6 is 0 Å². The summed E-state index contributed by atoms with van der Waals surface area (Å²) in [5, 5.41) is 3.78. The Kier molecular flexibility index (Phi) is 5.89. The molecule has 2 atom stereocenters. The van der Waals surface area contributed by atoms with Gasteiger partial charge in [0, 0.05) is 57.8 Å². The number of ether oxygens (including phenoxy) is 1. The molecule has 0 aromatic carbocycles. The van der Waals surface area contributed by atoms with Gasteiger partial charge >= 0.3 is 0 Å². The second-order valence-electron chi connectivity index (χ2n) is 7.31. The molecule has 0 amide bonds. The van der Waals surface area contributed by atoms with Gasteiger partial charge in [-0.1, -0.05) is 0 Å². The minimum absolute atomic E-state index is 0.00611. The van der Waals surface area contributed by atoms with Gasteiger partial charge in [-0.3, -0.25) is 4.79 Å². The molecule has 2 aliphatic rings. The monoisotopic (exact) mass is 334 g/mol. The van der Waals surface area contributed by atoms with Crippen molar-refractivity contribution in [3.63, 3.8) is 0 Å². The molecule has 24 heavy (non-hydrogen) atoms. The van der Waals surface area contributed by atoms with Gasteiger partial charge in [-0.25, -0.2) is 4.98 Å². The lowest BCUT2D eigenvalue weighted by atomic mass is 9.92. The number of anilines is 1. The van der Waals surface area contributed by atoms with Crippen LogP contribution in [0.4, 0.5) is 5.82 Å². The molecule has 0 bridgehead atoms. The fourth-order valence-corrected chi connectivity index (χ4v) is 3.96. The molecule has 1 N–H and O–H groups in total. The Balaban J connectivity index is 1.55. The van der Waals surface area contributed by atoms with Gasteiger partial charge in [0.05, 0.1) is 0 Å². The summed E-state index contributed by atoms with van der Waals surface area (Å²) in [6, 6.07) is 0.935. The lowest BCUT2D eigenvalue weighted by Crippen LogP contribution is -2.50. The Hall–Kier alpha value is -1.40. The molecule has 3 heterocycles. The van der Waals surface area contributed by atoms with Crippen LogP contribution in [0.15, 0.2) is 17.2 Å². The summed E-state index contributed by atoms with van der Waals surface area (Å²) in [4.78, 5) is 18.8. The fourth-order valence-electron chi connectivity index (χ4n) is 3.96. The molecule has 2 saturated heterocycles. The quantitative estimate of drug-likeness (QED) is 0.885. The predicted molar refractivity (Wildman–Crippen MR) is 95.5 cm³/mol. The van der Waals surface area contributed by atoms with Crippen molar-refractivity contribution in [2.45, 2.75) is 51.1 Å². The van der Waals surface area contributed by atoms with Gasteiger partial charge in [-0.05, 0) is 44.9 Å². The van der Waals surface area contributed by atoms with E-state index in [2.05, 4.69) is 22.1 Å². The Morgan fingerprint density at radius 3 is 2.96 bits per heavy atom. The number of aromatic nitrogens is 2. The Bertz CT molecular complexity index is 583. The van der Waals surface area contributed by atoms with Gasteiger partial charge < -0.3 is 19.5 Å². The van der Waals surface area contributed by atoms with Crippen LogP contribution in [0.2, 0.25) is 0 Å². The molecule has 0 unspecified atom stereocenters. The third-order valence-corrected chi connectivity index (χ3v) is 5.27. The van der Waals surface area contributed by atoms with Gasteiger partial charge in [0.1, 0.15) is 0 Å². The summed E-state index contributed by atoms with van der Waals surface area (Å²) < 4.78 is 7.05. The lowest BCUT2D eigenvalue weighted by molar-refractivity contribution is 0.0606.